The highest BCUT2D eigenvalue weighted by molar-refractivity contribution is 5.97. The van der Waals surface area contributed by atoms with Crippen molar-refractivity contribution in [3.8, 4) is 0 Å². The van der Waals surface area contributed by atoms with E-state index in [9.17, 15) is 9.90 Å². The molecule has 3 rings (SSSR count). The zero-order chi connectivity index (χ0) is 16.4. The fraction of sp³-hybridized carbons (Fsp3) is 0.235. The molecule has 0 atom stereocenters. The smallest absolute Gasteiger partial charge is 0.253 e. The van der Waals surface area contributed by atoms with Crippen molar-refractivity contribution in [2.75, 3.05) is 0 Å². The number of benzene rings is 1. The topological polar surface area (TPSA) is 80.0 Å². The van der Waals surface area contributed by atoms with Gasteiger partial charge in [-0.3, -0.25) is 9.48 Å². The molecule has 6 heteroatoms. The molecule has 3 aromatic rings. The van der Waals surface area contributed by atoms with Crippen molar-refractivity contribution >= 4 is 16.9 Å². The molecule has 2 heterocycles. The molecular formula is C17H18N4O2. The molecule has 0 aliphatic rings. The van der Waals surface area contributed by atoms with Crippen LogP contribution < -0.4 is 5.32 Å². The fourth-order valence-electron chi connectivity index (χ4n) is 2.59. The van der Waals surface area contributed by atoms with Crippen LogP contribution in [0.15, 0.2) is 36.5 Å². The molecule has 0 aliphatic carbocycles. The van der Waals surface area contributed by atoms with Gasteiger partial charge in [0.05, 0.1) is 17.9 Å². The highest BCUT2D eigenvalue weighted by Gasteiger charge is 2.12. The summed E-state index contributed by atoms with van der Waals surface area (Å²) in [5.41, 5.74) is 3.80. The van der Waals surface area contributed by atoms with E-state index in [1.807, 2.05) is 38.2 Å². The Hall–Kier alpha value is -2.73. The first-order valence-corrected chi connectivity index (χ1v) is 7.35. The van der Waals surface area contributed by atoms with Crippen LogP contribution >= 0.6 is 0 Å². The van der Waals surface area contributed by atoms with Gasteiger partial charge in [0, 0.05) is 25.2 Å². The average molecular weight is 310 g/mol. The van der Waals surface area contributed by atoms with Gasteiger partial charge in [-0.2, -0.15) is 5.10 Å². The minimum atomic E-state index is -0.199. The molecule has 0 radical (unpaired) electrons. The lowest BCUT2D eigenvalue weighted by molar-refractivity contribution is 0.0950. The summed E-state index contributed by atoms with van der Waals surface area (Å²) >= 11 is 0. The molecule has 0 spiro atoms. The van der Waals surface area contributed by atoms with Crippen molar-refractivity contribution < 1.29 is 9.90 Å². The van der Waals surface area contributed by atoms with Crippen molar-refractivity contribution in [3.05, 3.63) is 58.9 Å². The average Bonchev–Trinajstić information content (AvgIpc) is 2.86. The van der Waals surface area contributed by atoms with E-state index >= 15 is 0 Å². The summed E-state index contributed by atoms with van der Waals surface area (Å²) in [6, 6.07) is 9.28. The number of rotatable bonds is 4. The first-order chi connectivity index (χ1) is 11.1. The highest BCUT2D eigenvalue weighted by atomic mass is 16.3. The summed E-state index contributed by atoms with van der Waals surface area (Å²) in [6.45, 7) is 2.21. The third kappa shape index (κ3) is 2.93. The van der Waals surface area contributed by atoms with Crippen molar-refractivity contribution in [2.45, 2.75) is 20.1 Å². The monoisotopic (exact) mass is 310 g/mol. The number of fused-ring (bicyclic) bond motifs is 1. The van der Waals surface area contributed by atoms with Gasteiger partial charge < -0.3 is 10.4 Å². The number of aryl methyl sites for hydroxylation is 2. The van der Waals surface area contributed by atoms with Gasteiger partial charge in [0.25, 0.3) is 5.91 Å². The van der Waals surface area contributed by atoms with Gasteiger partial charge in [0.2, 0.25) is 0 Å². The van der Waals surface area contributed by atoms with Crippen LogP contribution in [0.25, 0.3) is 11.0 Å². The summed E-state index contributed by atoms with van der Waals surface area (Å²) in [5.74, 6) is -0.199. The first-order valence-electron chi connectivity index (χ1n) is 7.35. The van der Waals surface area contributed by atoms with Crippen molar-refractivity contribution in [2.24, 2.45) is 7.05 Å². The van der Waals surface area contributed by atoms with Crippen LogP contribution in [0.5, 0.6) is 0 Å². The van der Waals surface area contributed by atoms with Crippen LogP contribution in [0.2, 0.25) is 0 Å². The lowest BCUT2D eigenvalue weighted by Gasteiger charge is -2.09. The van der Waals surface area contributed by atoms with E-state index in [-0.39, 0.29) is 12.5 Å². The number of nitrogens with zero attached hydrogens (tertiary/aromatic N) is 3. The van der Waals surface area contributed by atoms with E-state index in [4.69, 9.17) is 0 Å². The molecule has 6 nitrogen and oxygen atoms in total. The molecule has 2 N–H and O–H groups in total. The van der Waals surface area contributed by atoms with Gasteiger partial charge in [0.15, 0.2) is 5.65 Å². The first kappa shape index (κ1) is 15.2. The number of hydrogen-bond donors (Lipinski definition) is 2. The molecule has 2 aromatic heterocycles. The minimum Gasteiger partial charge on any atom is -0.392 e. The molecule has 0 fully saturated rings. The summed E-state index contributed by atoms with van der Waals surface area (Å²) in [7, 11) is 1.83. The summed E-state index contributed by atoms with van der Waals surface area (Å²) in [4.78, 5) is 16.6. The Balaban J connectivity index is 1.79. The van der Waals surface area contributed by atoms with E-state index in [0.717, 1.165) is 27.9 Å². The molecular weight excluding hydrogens is 292 g/mol. The van der Waals surface area contributed by atoms with Crippen LogP contribution in [0, 0.1) is 6.92 Å². The van der Waals surface area contributed by atoms with Gasteiger partial charge in [-0.25, -0.2) is 4.98 Å². The van der Waals surface area contributed by atoms with Gasteiger partial charge in [-0.05, 0) is 24.1 Å². The maximum absolute atomic E-state index is 12.3. The van der Waals surface area contributed by atoms with E-state index < -0.39 is 0 Å². The standard InChI is InChI=1S/C17H18N4O2/c1-11-15-7-14(9-18-16(15)21(2)20-11)17(23)19-8-12-5-3-4-6-13(12)10-22/h3-7,9,22H,8,10H2,1-2H3,(H,19,23). The fourth-order valence-corrected chi connectivity index (χ4v) is 2.59. The number of aliphatic hydroxyl groups excluding tert-OH is 1. The maximum Gasteiger partial charge on any atom is 0.253 e. The van der Waals surface area contributed by atoms with Crippen LogP contribution in [0.4, 0.5) is 0 Å². The molecule has 0 bridgehead atoms. The maximum atomic E-state index is 12.3. The second-order valence-electron chi connectivity index (χ2n) is 5.41. The number of carbonyl (C=O) groups is 1. The zero-order valence-corrected chi connectivity index (χ0v) is 13.1. The minimum absolute atomic E-state index is 0.0472. The van der Waals surface area contributed by atoms with E-state index in [0.29, 0.717) is 12.1 Å². The van der Waals surface area contributed by atoms with Gasteiger partial charge in [-0.1, -0.05) is 24.3 Å². The van der Waals surface area contributed by atoms with Crippen LogP contribution in [-0.2, 0) is 20.2 Å². The molecule has 0 saturated carbocycles. The second-order valence-corrected chi connectivity index (χ2v) is 5.41. The predicted molar refractivity (Wildman–Crippen MR) is 86.8 cm³/mol. The van der Waals surface area contributed by atoms with E-state index in [1.165, 1.54) is 0 Å². The Morgan fingerprint density at radius 1 is 1.30 bits per heavy atom. The van der Waals surface area contributed by atoms with Crippen LogP contribution in [0.1, 0.15) is 27.2 Å². The van der Waals surface area contributed by atoms with Crippen molar-refractivity contribution in [1.82, 2.24) is 20.1 Å². The third-order valence-electron chi connectivity index (χ3n) is 3.85. The Kier molecular flexibility index (Phi) is 4.08. The predicted octanol–water partition coefficient (Wildman–Crippen LogP) is 1.70. The van der Waals surface area contributed by atoms with Gasteiger partial charge in [-0.15, -0.1) is 0 Å². The van der Waals surface area contributed by atoms with Crippen LogP contribution in [-0.4, -0.2) is 25.8 Å². The number of aliphatic hydroxyl groups is 1. The summed E-state index contributed by atoms with van der Waals surface area (Å²) in [6.07, 6.45) is 1.55. The number of carbonyl (C=O) groups excluding carboxylic acids is 1. The lowest BCUT2D eigenvalue weighted by atomic mass is 10.1. The number of pyridine rings is 1. The summed E-state index contributed by atoms with van der Waals surface area (Å²) < 4.78 is 1.70. The van der Waals surface area contributed by atoms with Crippen molar-refractivity contribution in [1.29, 1.82) is 0 Å². The lowest BCUT2D eigenvalue weighted by Crippen LogP contribution is -2.23. The largest absolute Gasteiger partial charge is 0.392 e. The zero-order valence-electron chi connectivity index (χ0n) is 13.1. The summed E-state index contributed by atoms with van der Waals surface area (Å²) in [5, 5.41) is 17.4. The van der Waals surface area contributed by atoms with Crippen LogP contribution in [0.3, 0.4) is 0 Å². The SMILES string of the molecule is Cc1nn(C)c2ncc(C(=O)NCc3ccccc3CO)cc12. The van der Waals surface area contributed by atoms with E-state index in [1.54, 1.807) is 16.9 Å². The quantitative estimate of drug-likeness (QED) is 0.768. The normalized spacial score (nSPS) is 10.9. The molecule has 0 unspecified atom stereocenters. The second kappa shape index (κ2) is 6.18. The molecule has 1 amide bonds. The van der Waals surface area contributed by atoms with Gasteiger partial charge in [0.1, 0.15) is 0 Å². The Morgan fingerprint density at radius 2 is 2.04 bits per heavy atom. The Bertz CT molecular complexity index is 870. The molecule has 118 valence electrons. The Morgan fingerprint density at radius 3 is 2.78 bits per heavy atom. The number of amides is 1. The third-order valence-corrected chi connectivity index (χ3v) is 3.85. The molecule has 1 aromatic carbocycles. The van der Waals surface area contributed by atoms with Gasteiger partial charge >= 0.3 is 0 Å². The number of hydrogen-bond acceptors (Lipinski definition) is 4. The molecule has 23 heavy (non-hydrogen) atoms. The molecule has 0 saturated heterocycles. The number of nitrogens with one attached hydrogen (secondary N) is 1. The van der Waals surface area contributed by atoms with E-state index in [2.05, 4.69) is 15.4 Å². The highest BCUT2D eigenvalue weighted by Crippen LogP contribution is 2.16. The Labute approximate surface area is 133 Å². The van der Waals surface area contributed by atoms with Crippen molar-refractivity contribution in [3.63, 3.8) is 0 Å². The number of aromatic nitrogens is 3. The molecule has 0 aliphatic heterocycles.